The first-order chi connectivity index (χ1) is 17.2. The predicted molar refractivity (Wildman–Crippen MR) is 142 cm³/mol. The van der Waals surface area contributed by atoms with Gasteiger partial charge >= 0.3 is 5.97 Å². The van der Waals surface area contributed by atoms with Crippen molar-refractivity contribution < 1.29 is 32.3 Å². The standard InChI is InChI=1S/C29H46O7S/c1-8-9-12-37(33,34)36-24-15-28(7)14-21-17(4)10-11-22-19(6)35-27(31)26(30)29(22,32)18(5)20(21)13-23(28)25(24)16(2)3/h10,16,19-26,30,32H,5,8-9,11-15H2,1-4,6-7H3/b17-10-. The first-order valence-corrected chi connectivity index (χ1v) is 15.6. The largest absolute Gasteiger partial charge is 0.460 e. The lowest BCUT2D eigenvalue weighted by Crippen LogP contribution is -2.63. The molecule has 7 nitrogen and oxygen atoms in total. The number of allylic oxidation sites excluding steroid dienone is 2. The average Bonchev–Trinajstić information content (AvgIpc) is 3.09. The molecule has 10 unspecified atom stereocenters. The highest BCUT2D eigenvalue weighted by molar-refractivity contribution is 7.86. The summed E-state index contributed by atoms with van der Waals surface area (Å²) < 4.78 is 36.9. The molecule has 210 valence electrons. The molecule has 8 heteroatoms. The molecular formula is C29H46O7S. The summed E-state index contributed by atoms with van der Waals surface area (Å²) in [6.07, 6.45) is 3.57. The van der Waals surface area contributed by atoms with Gasteiger partial charge in [0.25, 0.3) is 10.1 Å². The molecule has 1 aliphatic heterocycles. The Bertz CT molecular complexity index is 1050. The molecule has 0 radical (unpaired) electrons. The number of aliphatic hydroxyl groups excluding tert-OH is 1. The molecule has 4 rings (SSSR count). The third kappa shape index (κ3) is 4.85. The molecule has 3 aliphatic carbocycles. The van der Waals surface area contributed by atoms with Crippen LogP contribution in [0.3, 0.4) is 0 Å². The number of esters is 1. The first kappa shape index (κ1) is 28.8. The summed E-state index contributed by atoms with van der Waals surface area (Å²) in [5, 5.41) is 22.9. The second-order valence-corrected chi connectivity index (χ2v) is 14.6. The molecule has 0 bridgehead atoms. The maximum atomic E-state index is 12.8. The lowest BCUT2D eigenvalue weighted by Gasteiger charge is -2.54. The van der Waals surface area contributed by atoms with Gasteiger partial charge in [-0.3, -0.25) is 4.18 Å². The zero-order chi connectivity index (χ0) is 27.5. The van der Waals surface area contributed by atoms with Crippen LogP contribution in [-0.4, -0.2) is 54.3 Å². The van der Waals surface area contributed by atoms with Crippen molar-refractivity contribution in [3.05, 3.63) is 23.8 Å². The highest BCUT2D eigenvalue weighted by Crippen LogP contribution is 2.63. The molecule has 1 saturated heterocycles. The Labute approximate surface area is 222 Å². The van der Waals surface area contributed by atoms with Crippen molar-refractivity contribution in [2.24, 2.45) is 40.9 Å². The van der Waals surface area contributed by atoms with Gasteiger partial charge in [0, 0.05) is 5.92 Å². The van der Waals surface area contributed by atoms with Gasteiger partial charge in [0.05, 0.1) is 11.9 Å². The Kier molecular flexibility index (Phi) is 7.83. The van der Waals surface area contributed by atoms with Crippen LogP contribution in [0.2, 0.25) is 0 Å². The maximum Gasteiger partial charge on any atom is 0.338 e. The quantitative estimate of drug-likeness (QED) is 0.293. The van der Waals surface area contributed by atoms with Crippen molar-refractivity contribution in [2.75, 3.05) is 5.75 Å². The number of ether oxygens (including phenoxy) is 1. The van der Waals surface area contributed by atoms with E-state index in [2.05, 4.69) is 40.3 Å². The van der Waals surface area contributed by atoms with Crippen LogP contribution < -0.4 is 0 Å². The highest BCUT2D eigenvalue weighted by atomic mass is 32.2. The Morgan fingerprint density at radius 1 is 1.24 bits per heavy atom. The Hall–Kier alpha value is -1.22. The summed E-state index contributed by atoms with van der Waals surface area (Å²) in [5.74, 6) is -0.907. The van der Waals surface area contributed by atoms with Crippen LogP contribution in [0.5, 0.6) is 0 Å². The molecule has 37 heavy (non-hydrogen) atoms. The molecule has 0 spiro atoms. The van der Waals surface area contributed by atoms with Gasteiger partial charge in [0.15, 0.2) is 6.10 Å². The molecule has 0 aromatic rings. The fourth-order valence-electron chi connectivity index (χ4n) is 8.26. The Morgan fingerprint density at radius 2 is 1.92 bits per heavy atom. The lowest BCUT2D eigenvalue weighted by molar-refractivity contribution is -0.209. The molecule has 2 saturated carbocycles. The number of carbonyl (C=O) groups is 1. The molecule has 0 aromatic carbocycles. The Morgan fingerprint density at radius 3 is 2.54 bits per heavy atom. The molecule has 0 aromatic heterocycles. The molecule has 4 aliphatic rings. The summed E-state index contributed by atoms with van der Waals surface area (Å²) in [4.78, 5) is 12.5. The van der Waals surface area contributed by atoms with Crippen LogP contribution in [0.25, 0.3) is 0 Å². The molecule has 3 fully saturated rings. The van der Waals surface area contributed by atoms with Gasteiger partial charge in [-0.1, -0.05) is 52.3 Å². The minimum Gasteiger partial charge on any atom is -0.460 e. The second kappa shape index (κ2) is 10.1. The monoisotopic (exact) mass is 538 g/mol. The molecule has 0 amide bonds. The number of unbranched alkanes of at least 4 members (excludes halogenated alkanes) is 1. The smallest absolute Gasteiger partial charge is 0.338 e. The van der Waals surface area contributed by atoms with Gasteiger partial charge in [-0.05, 0) is 86.5 Å². The molecule has 2 N–H and O–H groups in total. The third-order valence-electron chi connectivity index (χ3n) is 10.2. The summed E-state index contributed by atoms with van der Waals surface area (Å²) in [6, 6.07) is 0. The fraction of sp³-hybridized carbons (Fsp3) is 0.828. The third-order valence-corrected chi connectivity index (χ3v) is 11.6. The number of hydrogen-bond donors (Lipinski definition) is 2. The number of cyclic esters (lactones) is 1. The normalized spacial score (nSPS) is 45.7. The van der Waals surface area contributed by atoms with E-state index in [1.165, 1.54) is 5.57 Å². The number of fused-ring (bicyclic) bond motifs is 3. The van der Waals surface area contributed by atoms with Gasteiger partial charge in [0.1, 0.15) is 11.7 Å². The lowest BCUT2D eigenvalue weighted by atomic mass is 9.53. The summed E-state index contributed by atoms with van der Waals surface area (Å²) in [6.45, 7) is 16.7. The number of carbonyl (C=O) groups excluding carboxylic acids is 1. The van der Waals surface area contributed by atoms with Crippen LogP contribution in [0.1, 0.15) is 80.1 Å². The van der Waals surface area contributed by atoms with E-state index in [1.54, 1.807) is 6.92 Å². The van der Waals surface area contributed by atoms with E-state index < -0.39 is 39.8 Å². The number of hydrogen-bond acceptors (Lipinski definition) is 7. The maximum absolute atomic E-state index is 12.8. The average molecular weight is 539 g/mol. The summed E-state index contributed by atoms with van der Waals surface area (Å²) in [7, 11) is -3.62. The first-order valence-electron chi connectivity index (χ1n) is 14.0. The van der Waals surface area contributed by atoms with Crippen molar-refractivity contribution in [2.45, 2.75) is 104 Å². The van der Waals surface area contributed by atoms with Gasteiger partial charge in [0.2, 0.25) is 0 Å². The van der Waals surface area contributed by atoms with Gasteiger partial charge in [-0.25, -0.2) is 4.79 Å². The minimum atomic E-state index is -3.62. The van der Waals surface area contributed by atoms with E-state index in [1.807, 2.05) is 6.92 Å². The van der Waals surface area contributed by atoms with E-state index in [4.69, 9.17) is 8.92 Å². The van der Waals surface area contributed by atoms with Crippen molar-refractivity contribution in [3.63, 3.8) is 0 Å². The van der Waals surface area contributed by atoms with Crippen molar-refractivity contribution in [1.82, 2.24) is 0 Å². The van der Waals surface area contributed by atoms with Crippen LogP contribution in [-0.2, 0) is 23.8 Å². The fourth-order valence-corrected chi connectivity index (χ4v) is 9.57. The predicted octanol–water partition coefficient (Wildman–Crippen LogP) is 4.39. The van der Waals surface area contributed by atoms with Crippen molar-refractivity contribution in [1.29, 1.82) is 0 Å². The van der Waals surface area contributed by atoms with E-state index >= 15 is 0 Å². The summed E-state index contributed by atoms with van der Waals surface area (Å²) >= 11 is 0. The van der Waals surface area contributed by atoms with Crippen LogP contribution in [0.15, 0.2) is 23.8 Å². The molecular weight excluding hydrogens is 492 g/mol. The van der Waals surface area contributed by atoms with E-state index in [9.17, 15) is 23.4 Å². The molecule has 10 atom stereocenters. The minimum absolute atomic E-state index is 0.0375. The number of rotatable bonds is 6. The zero-order valence-electron chi connectivity index (χ0n) is 23.3. The second-order valence-electron chi connectivity index (χ2n) is 12.9. The topological polar surface area (TPSA) is 110 Å². The zero-order valence-corrected chi connectivity index (χ0v) is 24.1. The van der Waals surface area contributed by atoms with Gasteiger partial charge in [-0.15, -0.1) is 0 Å². The van der Waals surface area contributed by atoms with E-state index in [0.717, 1.165) is 12.8 Å². The Balaban J connectivity index is 1.71. The van der Waals surface area contributed by atoms with Crippen molar-refractivity contribution >= 4 is 16.1 Å². The van der Waals surface area contributed by atoms with Gasteiger partial charge in [-0.2, -0.15) is 8.42 Å². The van der Waals surface area contributed by atoms with Crippen LogP contribution >= 0.6 is 0 Å². The van der Waals surface area contributed by atoms with Gasteiger partial charge < -0.3 is 14.9 Å². The van der Waals surface area contributed by atoms with E-state index in [-0.39, 0.29) is 46.9 Å². The van der Waals surface area contributed by atoms with Crippen molar-refractivity contribution in [3.8, 4) is 0 Å². The van der Waals surface area contributed by atoms with Crippen LogP contribution in [0, 0.1) is 40.9 Å². The summed E-state index contributed by atoms with van der Waals surface area (Å²) in [5.41, 5.74) is -0.175. The highest BCUT2D eigenvalue weighted by Gasteiger charge is 2.62. The SMILES string of the molecule is C=C1C2CC3C(C(C)C)C(OS(=O)(=O)CCCC)CC3(C)CC2/C(C)=C\CC2C(C)OC(=O)C(O)C12O. The molecule has 1 heterocycles. The number of aliphatic hydroxyl groups is 2. The van der Waals surface area contributed by atoms with Crippen LogP contribution in [0.4, 0.5) is 0 Å². The van der Waals surface area contributed by atoms with E-state index in [0.29, 0.717) is 31.3 Å².